The van der Waals surface area contributed by atoms with Gasteiger partial charge in [-0.2, -0.15) is 9.97 Å². The number of imidazole rings is 1. The van der Waals surface area contributed by atoms with Crippen LogP contribution in [-0.2, 0) is 20.1 Å². The van der Waals surface area contributed by atoms with E-state index in [2.05, 4.69) is 36.7 Å². The Morgan fingerprint density at radius 1 is 1.02 bits per heavy atom. The van der Waals surface area contributed by atoms with Gasteiger partial charge in [0.15, 0.2) is 11.2 Å². The van der Waals surface area contributed by atoms with Crippen molar-refractivity contribution in [2.45, 2.75) is 45.3 Å². The number of anilines is 2. The minimum absolute atomic E-state index is 0.0375. The smallest absolute Gasteiger partial charge is 0.332 e. The van der Waals surface area contributed by atoms with Crippen LogP contribution in [0.15, 0.2) is 38.4 Å². The van der Waals surface area contributed by atoms with Crippen LogP contribution < -0.4 is 31.5 Å². The van der Waals surface area contributed by atoms with Gasteiger partial charge in [0.2, 0.25) is 11.8 Å². The molecule has 6 rings (SSSR count). The first-order valence-corrected chi connectivity index (χ1v) is 15.4. The molecule has 1 atom stereocenters. The summed E-state index contributed by atoms with van der Waals surface area (Å²) in [6, 6.07) is 8.07. The summed E-state index contributed by atoms with van der Waals surface area (Å²) in [6.07, 6.45) is 2.55. The molecular weight excluding hydrogens is 576 g/mol. The second-order valence-electron chi connectivity index (χ2n) is 11.6. The molecule has 0 unspecified atom stereocenters. The van der Waals surface area contributed by atoms with E-state index in [9.17, 15) is 9.59 Å². The van der Waals surface area contributed by atoms with Gasteiger partial charge in [-0.3, -0.25) is 23.4 Å². The van der Waals surface area contributed by atoms with Crippen LogP contribution in [0.2, 0.25) is 0 Å². The van der Waals surface area contributed by atoms with E-state index in [4.69, 9.17) is 20.0 Å². The van der Waals surface area contributed by atoms with Crippen LogP contribution in [0.5, 0.6) is 5.75 Å². The molecule has 2 fully saturated rings. The molecule has 2 aliphatic heterocycles. The molecule has 14 nitrogen and oxygen atoms in total. The number of piperidine rings is 1. The van der Waals surface area contributed by atoms with E-state index in [1.165, 1.54) is 9.13 Å². The summed E-state index contributed by atoms with van der Waals surface area (Å²) in [5.74, 6) is 7.95. The molecular formula is C31H40N10O4. The lowest BCUT2D eigenvalue weighted by Crippen LogP contribution is -2.47. The van der Waals surface area contributed by atoms with E-state index >= 15 is 0 Å². The summed E-state index contributed by atoms with van der Waals surface area (Å²) in [6.45, 7) is 7.66. The SMILES string of the molecule is CC#CCn1c(N2CCC[C@@H](N)C2)nc2c1c(=O)n(CCCN1CCN(c3nc(-c4ccc(OC)cc4)no3)CC1)c(=O)n2C. The summed E-state index contributed by atoms with van der Waals surface area (Å²) >= 11 is 0. The highest BCUT2D eigenvalue weighted by atomic mass is 16.5. The molecule has 0 spiro atoms. The zero-order valence-corrected chi connectivity index (χ0v) is 26.1. The highest BCUT2D eigenvalue weighted by Crippen LogP contribution is 2.24. The highest BCUT2D eigenvalue weighted by molar-refractivity contribution is 5.75. The minimum Gasteiger partial charge on any atom is -0.497 e. The third kappa shape index (κ3) is 6.18. The molecule has 0 saturated carbocycles. The average molecular weight is 617 g/mol. The van der Waals surface area contributed by atoms with E-state index in [0.29, 0.717) is 55.0 Å². The second-order valence-corrected chi connectivity index (χ2v) is 11.6. The maximum absolute atomic E-state index is 13.8. The van der Waals surface area contributed by atoms with Crippen LogP contribution in [0.25, 0.3) is 22.6 Å². The van der Waals surface area contributed by atoms with Crippen LogP contribution in [-0.4, -0.2) is 92.7 Å². The Morgan fingerprint density at radius 2 is 1.80 bits per heavy atom. The number of piperazine rings is 1. The van der Waals surface area contributed by atoms with Gasteiger partial charge in [0.25, 0.3) is 5.56 Å². The van der Waals surface area contributed by atoms with Crippen molar-refractivity contribution in [2.24, 2.45) is 12.8 Å². The standard InChI is InChI=1S/C31H40N10O4/c1-4-5-15-40-25-27(34-29(40)39-14-6-8-23(32)21-39)36(2)31(43)41(28(25)42)16-7-13-37-17-19-38(20-18-37)30-33-26(35-45-30)22-9-11-24(44-3)12-10-22/h9-12,23H,6-8,13-21,32H2,1-3H3/t23-/m1/s1. The predicted octanol–water partition coefficient (Wildman–Crippen LogP) is 1.12. The summed E-state index contributed by atoms with van der Waals surface area (Å²) in [7, 11) is 3.30. The average Bonchev–Trinajstić information content (AvgIpc) is 3.71. The molecule has 0 aliphatic carbocycles. The third-order valence-corrected chi connectivity index (χ3v) is 8.63. The molecule has 2 aliphatic rings. The summed E-state index contributed by atoms with van der Waals surface area (Å²) < 4.78 is 15.4. The first-order chi connectivity index (χ1) is 21.9. The Balaban J connectivity index is 1.12. The van der Waals surface area contributed by atoms with Gasteiger partial charge in [-0.25, -0.2) is 4.79 Å². The summed E-state index contributed by atoms with van der Waals surface area (Å²) in [5.41, 5.74) is 7.18. The number of aryl methyl sites for hydroxylation is 1. The zero-order valence-electron chi connectivity index (χ0n) is 26.1. The number of benzene rings is 1. The first-order valence-electron chi connectivity index (χ1n) is 15.4. The first kappa shape index (κ1) is 30.4. The van der Waals surface area contributed by atoms with Crippen LogP contribution in [0.1, 0.15) is 26.2 Å². The molecule has 4 aromatic rings. The van der Waals surface area contributed by atoms with Gasteiger partial charge in [-0.15, -0.1) is 5.92 Å². The van der Waals surface area contributed by atoms with Crippen molar-refractivity contribution >= 4 is 23.1 Å². The number of nitrogens with two attached hydrogens (primary N) is 1. The molecule has 0 radical (unpaired) electrons. The van der Waals surface area contributed by atoms with Crippen molar-refractivity contribution in [3.63, 3.8) is 0 Å². The Morgan fingerprint density at radius 3 is 2.51 bits per heavy atom. The number of nitrogens with zero attached hydrogens (tertiary/aromatic N) is 9. The Hall–Kier alpha value is -4.61. The molecule has 45 heavy (non-hydrogen) atoms. The number of aromatic nitrogens is 6. The minimum atomic E-state index is -0.366. The van der Waals surface area contributed by atoms with Gasteiger partial charge in [-0.05, 0) is 57.0 Å². The molecule has 2 saturated heterocycles. The second kappa shape index (κ2) is 13.2. The summed E-state index contributed by atoms with van der Waals surface area (Å²) in [4.78, 5) is 43.0. The maximum Gasteiger partial charge on any atom is 0.332 e. The molecule has 0 bridgehead atoms. The van der Waals surface area contributed by atoms with Gasteiger partial charge >= 0.3 is 11.7 Å². The van der Waals surface area contributed by atoms with Crippen LogP contribution >= 0.6 is 0 Å². The van der Waals surface area contributed by atoms with Crippen molar-refractivity contribution in [2.75, 3.05) is 62.7 Å². The van der Waals surface area contributed by atoms with E-state index in [1.807, 2.05) is 28.8 Å². The fourth-order valence-corrected chi connectivity index (χ4v) is 6.11. The molecule has 2 N–H and O–H groups in total. The summed E-state index contributed by atoms with van der Waals surface area (Å²) in [5, 5.41) is 4.15. The van der Waals surface area contributed by atoms with Gasteiger partial charge in [0.05, 0.1) is 13.7 Å². The van der Waals surface area contributed by atoms with E-state index in [-0.39, 0.29) is 17.3 Å². The number of ether oxygens (including phenoxy) is 1. The molecule has 1 aromatic carbocycles. The zero-order chi connectivity index (χ0) is 31.5. The maximum atomic E-state index is 13.8. The van der Waals surface area contributed by atoms with E-state index < -0.39 is 0 Å². The van der Waals surface area contributed by atoms with Gasteiger partial charge < -0.3 is 24.8 Å². The van der Waals surface area contributed by atoms with E-state index in [0.717, 1.165) is 63.4 Å². The lowest BCUT2D eigenvalue weighted by atomic mass is 10.1. The molecule has 3 aromatic heterocycles. The van der Waals surface area contributed by atoms with Crippen molar-refractivity contribution in [3.05, 3.63) is 45.1 Å². The topological polar surface area (TPSA) is 146 Å². The molecule has 0 amide bonds. The van der Waals surface area contributed by atoms with Crippen LogP contribution in [0, 0.1) is 11.8 Å². The van der Waals surface area contributed by atoms with Crippen LogP contribution in [0.4, 0.5) is 12.0 Å². The van der Waals surface area contributed by atoms with Crippen molar-refractivity contribution in [3.8, 4) is 29.0 Å². The lowest BCUT2D eigenvalue weighted by Gasteiger charge is -2.33. The van der Waals surface area contributed by atoms with E-state index in [1.54, 1.807) is 21.1 Å². The quantitative estimate of drug-likeness (QED) is 0.270. The number of rotatable bonds is 9. The van der Waals surface area contributed by atoms with Crippen molar-refractivity contribution < 1.29 is 9.26 Å². The molecule has 5 heterocycles. The Bertz CT molecular complexity index is 1820. The monoisotopic (exact) mass is 616 g/mol. The van der Waals surface area contributed by atoms with Crippen molar-refractivity contribution in [1.29, 1.82) is 0 Å². The largest absolute Gasteiger partial charge is 0.497 e. The van der Waals surface area contributed by atoms with Gasteiger partial charge in [0.1, 0.15) is 5.75 Å². The Kier molecular flexibility index (Phi) is 8.90. The molecule has 238 valence electrons. The van der Waals surface area contributed by atoms with Crippen molar-refractivity contribution in [1.82, 2.24) is 33.7 Å². The number of hydrogen-bond donors (Lipinski definition) is 1. The Labute approximate surface area is 261 Å². The lowest BCUT2D eigenvalue weighted by molar-refractivity contribution is 0.242. The normalized spacial score (nSPS) is 17.5. The number of fused-ring (bicyclic) bond motifs is 1. The molecule has 14 heteroatoms. The van der Waals surface area contributed by atoms with Gasteiger partial charge in [0, 0.05) is 64.5 Å². The highest BCUT2D eigenvalue weighted by Gasteiger charge is 2.27. The fraction of sp³-hybridized carbons (Fsp3) is 0.516. The number of methoxy groups -OCH3 is 1. The van der Waals surface area contributed by atoms with Gasteiger partial charge in [-0.1, -0.05) is 11.1 Å². The third-order valence-electron chi connectivity index (χ3n) is 8.63. The van der Waals surface area contributed by atoms with Crippen LogP contribution in [0.3, 0.4) is 0 Å². The number of hydrogen-bond acceptors (Lipinski definition) is 11. The predicted molar refractivity (Wildman–Crippen MR) is 172 cm³/mol. The fourth-order valence-electron chi connectivity index (χ4n) is 6.11.